The van der Waals surface area contributed by atoms with E-state index >= 15 is 0 Å². The highest BCUT2D eigenvalue weighted by molar-refractivity contribution is 9.10. The molecule has 0 aliphatic rings. The Kier molecular flexibility index (Phi) is 6.36. The molecule has 0 aromatic heterocycles. The fourth-order valence-corrected chi connectivity index (χ4v) is 3.39. The first kappa shape index (κ1) is 18.5. The van der Waals surface area contributed by atoms with Gasteiger partial charge in [-0.1, -0.05) is 60.7 Å². The molecule has 132 valence electrons. The molecule has 0 atom stereocenters. The number of benzene rings is 3. The number of anilines is 1. The van der Waals surface area contributed by atoms with E-state index in [0.29, 0.717) is 16.1 Å². The third-order valence-corrected chi connectivity index (χ3v) is 4.95. The quantitative estimate of drug-likeness (QED) is 0.509. The second kappa shape index (κ2) is 8.92. The number of nitrogens with one attached hydrogen (secondary N) is 2. The summed E-state index contributed by atoms with van der Waals surface area (Å²) >= 11 is 8.75. The molecule has 3 rings (SSSR count). The Labute approximate surface area is 166 Å². The van der Waals surface area contributed by atoms with Crippen molar-refractivity contribution >= 4 is 38.9 Å². The normalized spacial score (nSPS) is 10.6. The molecule has 2 nitrogen and oxygen atoms in total. The van der Waals surface area contributed by atoms with E-state index in [1.807, 2.05) is 36.4 Å². The fraction of sp³-hybridized carbons (Fsp3) is 0.0952. The van der Waals surface area contributed by atoms with Gasteiger partial charge in [-0.25, -0.2) is 4.39 Å². The first-order valence-corrected chi connectivity index (χ1v) is 9.43. The number of halogens is 2. The molecular weight excluding hydrogens is 411 g/mol. The molecule has 3 aromatic rings. The first-order chi connectivity index (χ1) is 12.6. The highest BCUT2D eigenvalue weighted by atomic mass is 79.9. The molecule has 0 aliphatic carbocycles. The van der Waals surface area contributed by atoms with Crippen LogP contribution in [0.25, 0.3) is 0 Å². The lowest BCUT2D eigenvalue weighted by atomic mass is 9.91. The van der Waals surface area contributed by atoms with Crippen LogP contribution in [0.4, 0.5) is 10.1 Å². The van der Waals surface area contributed by atoms with E-state index in [9.17, 15) is 4.39 Å². The molecule has 3 aromatic carbocycles. The summed E-state index contributed by atoms with van der Waals surface area (Å²) < 4.78 is 13.8. The Morgan fingerprint density at radius 1 is 0.923 bits per heavy atom. The highest BCUT2D eigenvalue weighted by Gasteiger charge is 2.14. The minimum absolute atomic E-state index is 0.175. The van der Waals surface area contributed by atoms with Crippen LogP contribution in [0, 0.1) is 5.82 Å². The van der Waals surface area contributed by atoms with Gasteiger partial charge in [-0.3, -0.25) is 0 Å². The van der Waals surface area contributed by atoms with Crippen LogP contribution >= 0.6 is 28.1 Å². The van der Waals surface area contributed by atoms with E-state index in [0.717, 1.165) is 5.69 Å². The Morgan fingerprint density at radius 2 is 1.50 bits per heavy atom. The molecule has 0 spiro atoms. The van der Waals surface area contributed by atoms with E-state index in [2.05, 4.69) is 50.8 Å². The molecule has 0 saturated carbocycles. The van der Waals surface area contributed by atoms with Gasteiger partial charge in [0, 0.05) is 16.9 Å². The predicted molar refractivity (Wildman–Crippen MR) is 113 cm³/mol. The zero-order valence-corrected chi connectivity index (χ0v) is 16.4. The molecule has 0 unspecified atom stereocenters. The van der Waals surface area contributed by atoms with Gasteiger partial charge in [-0.15, -0.1) is 0 Å². The van der Waals surface area contributed by atoms with Gasteiger partial charge in [-0.2, -0.15) is 0 Å². The highest BCUT2D eigenvalue weighted by Crippen LogP contribution is 2.25. The summed E-state index contributed by atoms with van der Waals surface area (Å²) in [4.78, 5) is 0. The van der Waals surface area contributed by atoms with Crippen molar-refractivity contribution in [2.75, 3.05) is 11.9 Å². The summed E-state index contributed by atoms with van der Waals surface area (Å²) in [5, 5.41) is 6.87. The van der Waals surface area contributed by atoms with Crippen molar-refractivity contribution in [3.63, 3.8) is 0 Å². The SMILES string of the molecule is Fc1ccc(NC(=S)NCC(c2ccccc2)c2ccccc2)c(Br)c1. The lowest BCUT2D eigenvalue weighted by Crippen LogP contribution is -2.32. The molecule has 0 amide bonds. The van der Waals surface area contributed by atoms with Gasteiger partial charge in [0.1, 0.15) is 5.82 Å². The average molecular weight is 429 g/mol. The molecular formula is C21H18BrFN2S. The van der Waals surface area contributed by atoms with Gasteiger partial charge >= 0.3 is 0 Å². The predicted octanol–water partition coefficient (Wildman–Crippen LogP) is 5.71. The number of rotatable bonds is 5. The summed E-state index contributed by atoms with van der Waals surface area (Å²) in [6.45, 7) is 0.651. The van der Waals surface area contributed by atoms with Crippen LogP contribution in [-0.2, 0) is 0 Å². The van der Waals surface area contributed by atoms with Crippen LogP contribution in [0.2, 0.25) is 0 Å². The second-order valence-corrected chi connectivity index (χ2v) is 7.10. The van der Waals surface area contributed by atoms with E-state index in [1.165, 1.54) is 23.3 Å². The zero-order valence-electron chi connectivity index (χ0n) is 14.0. The molecule has 0 bridgehead atoms. The molecule has 5 heteroatoms. The number of hydrogen-bond donors (Lipinski definition) is 2. The standard InChI is InChI=1S/C21H18BrFN2S/c22-19-13-17(23)11-12-20(19)25-21(26)24-14-18(15-7-3-1-4-8-15)16-9-5-2-6-10-16/h1-13,18H,14H2,(H2,24,25,26). The van der Waals surface area contributed by atoms with Gasteiger partial charge in [0.15, 0.2) is 5.11 Å². The lowest BCUT2D eigenvalue weighted by molar-refractivity contribution is 0.627. The Balaban J connectivity index is 1.71. The minimum Gasteiger partial charge on any atom is -0.361 e. The van der Waals surface area contributed by atoms with Crippen molar-refractivity contribution in [3.05, 3.63) is 100 Å². The van der Waals surface area contributed by atoms with Crippen LogP contribution in [0.15, 0.2) is 83.3 Å². The lowest BCUT2D eigenvalue weighted by Gasteiger charge is -2.20. The fourth-order valence-electron chi connectivity index (χ4n) is 2.75. The van der Waals surface area contributed by atoms with Gasteiger partial charge in [-0.05, 0) is 57.5 Å². The summed E-state index contributed by atoms with van der Waals surface area (Å²) in [6.07, 6.45) is 0. The summed E-state index contributed by atoms with van der Waals surface area (Å²) in [6, 6.07) is 25.1. The Hall–Kier alpha value is -2.24. The molecule has 0 radical (unpaired) electrons. The average Bonchev–Trinajstić information content (AvgIpc) is 2.66. The van der Waals surface area contributed by atoms with Crippen molar-refractivity contribution in [3.8, 4) is 0 Å². The van der Waals surface area contributed by atoms with Crippen LogP contribution in [0.5, 0.6) is 0 Å². The summed E-state index contributed by atoms with van der Waals surface area (Å²) in [5.74, 6) is -0.122. The van der Waals surface area contributed by atoms with Gasteiger partial charge in [0.2, 0.25) is 0 Å². The Bertz CT molecular complexity index is 832. The van der Waals surface area contributed by atoms with Crippen LogP contribution in [0.3, 0.4) is 0 Å². The number of hydrogen-bond acceptors (Lipinski definition) is 1. The van der Waals surface area contributed by atoms with Crippen LogP contribution in [0.1, 0.15) is 17.0 Å². The van der Waals surface area contributed by atoms with Crippen molar-refractivity contribution in [2.45, 2.75) is 5.92 Å². The number of thiocarbonyl (C=S) groups is 1. The van der Waals surface area contributed by atoms with Crippen molar-refractivity contribution in [1.82, 2.24) is 5.32 Å². The second-order valence-electron chi connectivity index (χ2n) is 5.83. The van der Waals surface area contributed by atoms with Crippen LogP contribution < -0.4 is 10.6 Å². The largest absolute Gasteiger partial charge is 0.361 e. The van der Waals surface area contributed by atoms with Crippen molar-refractivity contribution < 1.29 is 4.39 Å². The molecule has 0 fully saturated rings. The third-order valence-electron chi connectivity index (χ3n) is 4.05. The Morgan fingerprint density at radius 3 is 2.04 bits per heavy atom. The van der Waals surface area contributed by atoms with E-state index in [1.54, 1.807) is 6.07 Å². The zero-order chi connectivity index (χ0) is 18.4. The molecule has 2 N–H and O–H groups in total. The molecule has 0 heterocycles. The van der Waals surface area contributed by atoms with Gasteiger partial charge < -0.3 is 10.6 Å². The third kappa shape index (κ3) is 4.90. The van der Waals surface area contributed by atoms with Gasteiger partial charge in [0.25, 0.3) is 0 Å². The molecule has 0 aliphatic heterocycles. The van der Waals surface area contributed by atoms with E-state index in [4.69, 9.17) is 12.2 Å². The van der Waals surface area contributed by atoms with Crippen molar-refractivity contribution in [1.29, 1.82) is 0 Å². The maximum atomic E-state index is 13.2. The minimum atomic E-state index is -0.297. The summed E-state index contributed by atoms with van der Waals surface area (Å²) in [5.41, 5.74) is 3.16. The first-order valence-electron chi connectivity index (χ1n) is 8.23. The van der Waals surface area contributed by atoms with Crippen molar-refractivity contribution in [2.24, 2.45) is 0 Å². The smallest absolute Gasteiger partial charge is 0.170 e. The topological polar surface area (TPSA) is 24.1 Å². The van der Waals surface area contributed by atoms with E-state index < -0.39 is 0 Å². The maximum absolute atomic E-state index is 13.2. The maximum Gasteiger partial charge on any atom is 0.170 e. The van der Waals surface area contributed by atoms with E-state index in [-0.39, 0.29) is 11.7 Å². The molecule has 26 heavy (non-hydrogen) atoms. The summed E-state index contributed by atoms with van der Waals surface area (Å²) in [7, 11) is 0. The van der Waals surface area contributed by atoms with Gasteiger partial charge in [0.05, 0.1) is 5.69 Å². The monoisotopic (exact) mass is 428 g/mol. The van der Waals surface area contributed by atoms with Crippen LogP contribution in [-0.4, -0.2) is 11.7 Å². The molecule has 0 saturated heterocycles.